The number of nitrogens with one attached hydrogen (secondary N) is 1. The normalized spacial score (nSPS) is 12.2. The SMILES string of the molecule is Cc1ccc(C(C)Nc2cccc(C)c2C)cc1. The molecule has 0 radical (unpaired) electrons. The van der Waals surface area contributed by atoms with Gasteiger partial charge in [-0.25, -0.2) is 0 Å². The van der Waals surface area contributed by atoms with Crippen molar-refractivity contribution in [2.75, 3.05) is 5.32 Å². The summed E-state index contributed by atoms with van der Waals surface area (Å²) in [5.74, 6) is 0. The number of benzene rings is 2. The molecule has 0 aliphatic carbocycles. The van der Waals surface area contributed by atoms with Crippen LogP contribution in [0.5, 0.6) is 0 Å². The average Bonchev–Trinajstić information content (AvgIpc) is 2.36. The first-order valence-corrected chi connectivity index (χ1v) is 6.47. The summed E-state index contributed by atoms with van der Waals surface area (Å²) in [6.07, 6.45) is 0. The highest BCUT2D eigenvalue weighted by molar-refractivity contribution is 5.54. The van der Waals surface area contributed by atoms with Crippen LogP contribution in [0.25, 0.3) is 0 Å². The van der Waals surface area contributed by atoms with Gasteiger partial charge in [0.15, 0.2) is 0 Å². The first-order chi connectivity index (χ1) is 8.58. The minimum Gasteiger partial charge on any atom is -0.378 e. The lowest BCUT2D eigenvalue weighted by atomic mass is 10.0. The Bertz CT molecular complexity index is 526. The highest BCUT2D eigenvalue weighted by Crippen LogP contribution is 2.24. The largest absolute Gasteiger partial charge is 0.378 e. The average molecular weight is 239 g/mol. The molecule has 1 N–H and O–H groups in total. The Balaban J connectivity index is 2.18. The van der Waals surface area contributed by atoms with Gasteiger partial charge in [0.1, 0.15) is 0 Å². The van der Waals surface area contributed by atoms with Crippen LogP contribution in [0.3, 0.4) is 0 Å². The van der Waals surface area contributed by atoms with E-state index in [9.17, 15) is 0 Å². The summed E-state index contributed by atoms with van der Waals surface area (Å²) in [5.41, 5.74) is 6.51. The summed E-state index contributed by atoms with van der Waals surface area (Å²) in [7, 11) is 0. The Morgan fingerprint density at radius 3 is 2.22 bits per heavy atom. The van der Waals surface area contributed by atoms with Gasteiger partial charge < -0.3 is 5.32 Å². The van der Waals surface area contributed by atoms with E-state index in [1.165, 1.54) is 27.9 Å². The molecule has 0 bridgehead atoms. The second-order valence-electron chi connectivity index (χ2n) is 5.02. The maximum absolute atomic E-state index is 3.59. The van der Waals surface area contributed by atoms with Crippen molar-refractivity contribution >= 4 is 5.69 Å². The molecule has 0 amide bonds. The zero-order valence-electron chi connectivity index (χ0n) is 11.6. The monoisotopic (exact) mass is 239 g/mol. The lowest BCUT2D eigenvalue weighted by Crippen LogP contribution is -2.08. The quantitative estimate of drug-likeness (QED) is 0.812. The van der Waals surface area contributed by atoms with Crippen molar-refractivity contribution in [2.45, 2.75) is 33.7 Å². The summed E-state index contributed by atoms with van der Waals surface area (Å²) in [4.78, 5) is 0. The number of aryl methyl sites for hydroxylation is 2. The highest BCUT2D eigenvalue weighted by Gasteiger charge is 2.07. The Kier molecular flexibility index (Phi) is 3.71. The van der Waals surface area contributed by atoms with Crippen LogP contribution in [0.15, 0.2) is 42.5 Å². The van der Waals surface area contributed by atoms with E-state index in [4.69, 9.17) is 0 Å². The molecule has 0 saturated heterocycles. The maximum Gasteiger partial charge on any atom is 0.0485 e. The first-order valence-electron chi connectivity index (χ1n) is 6.47. The van der Waals surface area contributed by atoms with Crippen LogP contribution in [-0.2, 0) is 0 Å². The molecule has 1 nitrogen and oxygen atoms in total. The highest BCUT2D eigenvalue weighted by atomic mass is 14.9. The fourth-order valence-corrected chi connectivity index (χ4v) is 2.08. The molecule has 2 rings (SSSR count). The van der Waals surface area contributed by atoms with Crippen LogP contribution in [0.4, 0.5) is 5.69 Å². The van der Waals surface area contributed by atoms with Gasteiger partial charge in [0, 0.05) is 11.7 Å². The number of anilines is 1. The molecule has 94 valence electrons. The third kappa shape index (κ3) is 2.73. The molecule has 1 unspecified atom stereocenters. The lowest BCUT2D eigenvalue weighted by Gasteiger charge is -2.18. The molecule has 0 aromatic heterocycles. The van der Waals surface area contributed by atoms with Crippen LogP contribution >= 0.6 is 0 Å². The predicted molar refractivity (Wildman–Crippen MR) is 79.1 cm³/mol. The van der Waals surface area contributed by atoms with Crippen LogP contribution in [0.1, 0.15) is 35.2 Å². The van der Waals surface area contributed by atoms with Crippen molar-refractivity contribution in [3.63, 3.8) is 0 Å². The molecule has 2 aromatic carbocycles. The third-order valence-corrected chi connectivity index (χ3v) is 3.55. The van der Waals surface area contributed by atoms with Gasteiger partial charge >= 0.3 is 0 Å². The number of rotatable bonds is 3. The van der Waals surface area contributed by atoms with Gasteiger partial charge in [-0.1, -0.05) is 42.0 Å². The summed E-state index contributed by atoms with van der Waals surface area (Å²) in [6.45, 7) is 8.63. The van der Waals surface area contributed by atoms with E-state index in [1.807, 2.05) is 0 Å². The van der Waals surface area contributed by atoms with E-state index in [-0.39, 0.29) is 0 Å². The Labute approximate surface area is 110 Å². The smallest absolute Gasteiger partial charge is 0.0485 e. The zero-order chi connectivity index (χ0) is 13.1. The standard InChI is InChI=1S/C17H21N/c1-12-8-10-16(11-9-12)15(4)18-17-7-5-6-13(2)14(17)3/h5-11,15,18H,1-4H3. The molecule has 0 saturated carbocycles. The summed E-state index contributed by atoms with van der Waals surface area (Å²) < 4.78 is 0. The van der Waals surface area contributed by atoms with Gasteiger partial charge in [-0.15, -0.1) is 0 Å². The summed E-state index contributed by atoms with van der Waals surface area (Å²) in [5, 5.41) is 3.59. The van der Waals surface area contributed by atoms with Gasteiger partial charge in [0.05, 0.1) is 0 Å². The lowest BCUT2D eigenvalue weighted by molar-refractivity contribution is 0.881. The van der Waals surface area contributed by atoms with Crippen LogP contribution in [0.2, 0.25) is 0 Å². The van der Waals surface area contributed by atoms with Gasteiger partial charge in [-0.05, 0) is 50.5 Å². The summed E-state index contributed by atoms with van der Waals surface area (Å²) >= 11 is 0. The van der Waals surface area contributed by atoms with E-state index >= 15 is 0 Å². The third-order valence-electron chi connectivity index (χ3n) is 3.55. The molecular formula is C17H21N. The van der Waals surface area contributed by atoms with Gasteiger partial charge in [0.25, 0.3) is 0 Å². The molecule has 1 heteroatoms. The van der Waals surface area contributed by atoms with Gasteiger partial charge in [-0.3, -0.25) is 0 Å². The molecule has 2 aromatic rings. The molecular weight excluding hydrogens is 218 g/mol. The second kappa shape index (κ2) is 5.26. The van der Waals surface area contributed by atoms with Crippen molar-refractivity contribution in [1.82, 2.24) is 0 Å². The first kappa shape index (κ1) is 12.7. The van der Waals surface area contributed by atoms with E-state index < -0.39 is 0 Å². The van der Waals surface area contributed by atoms with Crippen molar-refractivity contribution in [1.29, 1.82) is 0 Å². The topological polar surface area (TPSA) is 12.0 Å². The van der Waals surface area contributed by atoms with Crippen molar-refractivity contribution in [2.24, 2.45) is 0 Å². The zero-order valence-corrected chi connectivity index (χ0v) is 11.6. The molecule has 0 aliphatic heterocycles. The van der Waals surface area contributed by atoms with Crippen LogP contribution in [-0.4, -0.2) is 0 Å². The Hall–Kier alpha value is -1.76. The molecule has 1 atom stereocenters. The number of hydrogen-bond donors (Lipinski definition) is 1. The Morgan fingerprint density at radius 2 is 1.56 bits per heavy atom. The summed E-state index contributed by atoms with van der Waals surface area (Å²) in [6, 6.07) is 15.4. The van der Waals surface area contributed by atoms with Crippen LogP contribution < -0.4 is 5.32 Å². The van der Waals surface area contributed by atoms with Crippen molar-refractivity contribution in [3.05, 3.63) is 64.7 Å². The second-order valence-corrected chi connectivity index (χ2v) is 5.02. The molecule has 0 aliphatic rings. The fraction of sp³-hybridized carbons (Fsp3) is 0.294. The van der Waals surface area contributed by atoms with Crippen LogP contribution in [0, 0.1) is 20.8 Å². The maximum atomic E-state index is 3.59. The van der Waals surface area contributed by atoms with E-state index in [1.54, 1.807) is 0 Å². The van der Waals surface area contributed by atoms with Crippen molar-refractivity contribution in [3.8, 4) is 0 Å². The van der Waals surface area contributed by atoms with Crippen molar-refractivity contribution < 1.29 is 0 Å². The molecule has 0 fully saturated rings. The van der Waals surface area contributed by atoms with E-state index in [0.717, 1.165) is 0 Å². The fourth-order valence-electron chi connectivity index (χ4n) is 2.08. The molecule has 18 heavy (non-hydrogen) atoms. The minimum atomic E-state index is 0.325. The van der Waals surface area contributed by atoms with E-state index in [0.29, 0.717) is 6.04 Å². The molecule has 0 spiro atoms. The van der Waals surface area contributed by atoms with Gasteiger partial charge in [0.2, 0.25) is 0 Å². The predicted octanol–water partition coefficient (Wildman–Crippen LogP) is 4.78. The molecule has 0 heterocycles. The Morgan fingerprint density at radius 1 is 0.889 bits per heavy atom. The number of hydrogen-bond acceptors (Lipinski definition) is 1. The van der Waals surface area contributed by atoms with E-state index in [2.05, 4.69) is 75.5 Å². The minimum absolute atomic E-state index is 0.325. The van der Waals surface area contributed by atoms with Gasteiger partial charge in [-0.2, -0.15) is 0 Å².